The molecule has 0 unspecified atom stereocenters. The number of nitrogens with zero attached hydrogens (tertiary/aromatic N) is 3. The Morgan fingerprint density at radius 2 is 2.00 bits per heavy atom. The molecule has 5 heteroatoms. The van der Waals surface area contributed by atoms with Crippen molar-refractivity contribution in [1.29, 1.82) is 5.26 Å². The highest BCUT2D eigenvalue weighted by Crippen LogP contribution is 2.39. The molecule has 0 bridgehead atoms. The molecule has 0 saturated heterocycles. The Morgan fingerprint density at radius 3 is 2.67 bits per heavy atom. The standard InChI is InChI=1S/C16H17N5/c1-10-4-3-5-13(12(10)9-17)19-15-8-14(18-2)20-16(21-15)11-6-7-11/h3-5,8,11H,6-7H2,1-2H3,(H2,18,19,20,21). The smallest absolute Gasteiger partial charge is 0.136 e. The van der Waals surface area contributed by atoms with Gasteiger partial charge in [-0.05, 0) is 31.4 Å². The number of nitrogens with one attached hydrogen (secondary N) is 2. The van der Waals surface area contributed by atoms with Crippen LogP contribution in [0.25, 0.3) is 0 Å². The molecular weight excluding hydrogens is 262 g/mol. The number of rotatable bonds is 4. The third-order valence-electron chi connectivity index (χ3n) is 3.59. The van der Waals surface area contributed by atoms with Crippen molar-refractivity contribution in [3.63, 3.8) is 0 Å². The number of aryl methyl sites for hydroxylation is 1. The van der Waals surface area contributed by atoms with Crippen molar-refractivity contribution in [2.24, 2.45) is 0 Å². The van der Waals surface area contributed by atoms with E-state index in [2.05, 4.69) is 26.7 Å². The molecule has 1 heterocycles. The average Bonchev–Trinajstić information content (AvgIpc) is 3.32. The predicted molar refractivity (Wildman–Crippen MR) is 82.7 cm³/mol. The minimum atomic E-state index is 0.479. The number of benzene rings is 1. The van der Waals surface area contributed by atoms with Crippen LogP contribution in [0, 0.1) is 18.3 Å². The van der Waals surface area contributed by atoms with Crippen LogP contribution < -0.4 is 10.6 Å². The van der Waals surface area contributed by atoms with Gasteiger partial charge in [0, 0.05) is 19.0 Å². The minimum Gasteiger partial charge on any atom is -0.373 e. The third-order valence-corrected chi connectivity index (χ3v) is 3.59. The van der Waals surface area contributed by atoms with Crippen molar-refractivity contribution in [3.05, 3.63) is 41.2 Å². The van der Waals surface area contributed by atoms with Crippen molar-refractivity contribution in [2.45, 2.75) is 25.7 Å². The molecule has 1 saturated carbocycles. The molecule has 1 fully saturated rings. The lowest BCUT2D eigenvalue weighted by atomic mass is 10.1. The zero-order valence-corrected chi connectivity index (χ0v) is 12.1. The molecule has 106 valence electrons. The van der Waals surface area contributed by atoms with E-state index in [1.54, 1.807) is 0 Å². The summed E-state index contributed by atoms with van der Waals surface area (Å²) in [6.07, 6.45) is 2.31. The van der Waals surface area contributed by atoms with E-state index in [1.807, 2.05) is 38.2 Å². The minimum absolute atomic E-state index is 0.479. The molecule has 2 aromatic rings. The Kier molecular flexibility index (Phi) is 3.44. The van der Waals surface area contributed by atoms with Crippen LogP contribution in [0.2, 0.25) is 0 Å². The van der Waals surface area contributed by atoms with Gasteiger partial charge in [-0.25, -0.2) is 9.97 Å². The predicted octanol–water partition coefficient (Wildman–Crippen LogP) is 3.32. The summed E-state index contributed by atoms with van der Waals surface area (Å²) >= 11 is 0. The monoisotopic (exact) mass is 279 g/mol. The van der Waals surface area contributed by atoms with Gasteiger partial charge in [-0.2, -0.15) is 5.26 Å². The van der Waals surface area contributed by atoms with Crippen molar-refractivity contribution in [2.75, 3.05) is 17.7 Å². The first-order chi connectivity index (χ1) is 10.2. The second-order valence-electron chi connectivity index (χ2n) is 5.26. The molecular formula is C16H17N5. The van der Waals surface area contributed by atoms with Crippen LogP contribution in [0.5, 0.6) is 0 Å². The molecule has 3 rings (SSSR count). The SMILES string of the molecule is CNc1cc(Nc2cccc(C)c2C#N)nc(C2CC2)n1. The van der Waals surface area contributed by atoms with Crippen LogP contribution in [0.1, 0.15) is 35.7 Å². The van der Waals surface area contributed by atoms with Crippen LogP contribution in [0.4, 0.5) is 17.3 Å². The van der Waals surface area contributed by atoms with Crippen LogP contribution in [0.15, 0.2) is 24.3 Å². The van der Waals surface area contributed by atoms with Crippen LogP contribution in [-0.4, -0.2) is 17.0 Å². The Morgan fingerprint density at radius 1 is 1.24 bits per heavy atom. The molecule has 0 amide bonds. The molecule has 1 aromatic heterocycles. The zero-order chi connectivity index (χ0) is 14.8. The quantitative estimate of drug-likeness (QED) is 0.898. The molecule has 2 N–H and O–H groups in total. The fourth-order valence-corrected chi connectivity index (χ4v) is 2.24. The number of aromatic nitrogens is 2. The molecule has 0 atom stereocenters. The van der Waals surface area contributed by atoms with Gasteiger partial charge in [-0.1, -0.05) is 12.1 Å². The summed E-state index contributed by atoms with van der Waals surface area (Å²) in [6, 6.07) is 9.85. The summed E-state index contributed by atoms with van der Waals surface area (Å²) in [5.74, 6) is 2.86. The first kappa shape index (κ1) is 13.4. The lowest BCUT2D eigenvalue weighted by Gasteiger charge is -2.11. The van der Waals surface area contributed by atoms with Crippen LogP contribution in [-0.2, 0) is 0 Å². The Labute approximate surface area is 124 Å². The van der Waals surface area contributed by atoms with Crippen LogP contribution in [0.3, 0.4) is 0 Å². The van der Waals surface area contributed by atoms with E-state index in [0.29, 0.717) is 11.5 Å². The third kappa shape index (κ3) is 2.79. The zero-order valence-electron chi connectivity index (χ0n) is 12.1. The Bertz CT molecular complexity index is 713. The summed E-state index contributed by atoms with van der Waals surface area (Å²) in [6.45, 7) is 1.93. The van der Waals surface area contributed by atoms with Gasteiger partial charge in [0.2, 0.25) is 0 Å². The first-order valence-corrected chi connectivity index (χ1v) is 7.04. The highest BCUT2D eigenvalue weighted by atomic mass is 15.1. The van der Waals surface area contributed by atoms with E-state index in [1.165, 1.54) is 0 Å². The number of anilines is 3. The normalized spacial score (nSPS) is 13.6. The first-order valence-electron chi connectivity index (χ1n) is 7.04. The van der Waals surface area contributed by atoms with Gasteiger partial charge in [0.05, 0.1) is 11.3 Å². The fraction of sp³-hybridized carbons (Fsp3) is 0.312. The average molecular weight is 279 g/mol. The Balaban J connectivity index is 1.96. The molecule has 0 aliphatic heterocycles. The second-order valence-corrected chi connectivity index (χ2v) is 5.26. The molecule has 21 heavy (non-hydrogen) atoms. The molecule has 1 aliphatic rings. The molecule has 5 nitrogen and oxygen atoms in total. The molecule has 1 aliphatic carbocycles. The van der Waals surface area contributed by atoms with Crippen molar-refractivity contribution < 1.29 is 0 Å². The van der Waals surface area contributed by atoms with Crippen molar-refractivity contribution in [1.82, 2.24) is 9.97 Å². The molecule has 0 spiro atoms. The summed E-state index contributed by atoms with van der Waals surface area (Å²) < 4.78 is 0. The highest BCUT2D eigenvalue weighted by molar-refractivity contribution is 5.67. The fourth-order valence-electron chi connectivity index (χ4n) is 2.24. The topological polar surface area (TPSA) is 73.6 Å². The van der Waals surface area contributed by atoms with E-state index in [9.17, 15) is 5.26 Å². The van der Waals surface area contributed by atoms with E-state index >= 15 is 0 Å². The van der Waals surface area contributed by atoms with E-state index in [4.69, 9.17) is 0 Å². The van der Waals surface area contributed by atoms with E-state index in [-0.39, 0.29) is 0 Å². The molecule has 0 radical (unpaired) electrons. The second kappa shape index (κ2) is 5.41. The van der Waals surface area contributed by atoms with Crippen LogP contribution >= 0.6 is 0 Å². The van der Waals surface area contributed by atoms with Crippen molar-refractivity contribution in [3.8, 4) is 6.07 Å². The van der Waals surface area contributed by atoms with Gasteiger partial charge in [0.15, 0.2) is 0 Å². The van der Waals surface area contributed by atoms with Gasteiger partial charge >= 0.3 is 0 Å². The number of nitriles is 1. The van der Waals surface area contributed by atoms with Gasteiger partial charge in [-0.15, -0.1) is 0 Å². The van der Waals surface area contributed by atoms with Gasteiger partial charge in [0.1, 0.15) is 23.5 Å². The summed E-state index contributed by atoms with van der Waals surface area (Å²) in [5.41, 5.74) is 2.38. The lowest BCUT2D eigenvalue weighted by Crippen LogP contribution is -2.04. The maximum absolute atomic E-state index is 9.30. The molecule has 1 aromatic carbocycles. The summed E-state index contributed by atoms with van der Waals surface area (Å²) in [5, 5.41) is 15.6. The van der Waals surface area contributed by atoms with Gasteiger partial charge in [0.25, 0.3) is 0 Å². The number of hydrogen-bond acceptors (Lipinski definition) is 5. The summed E-state index contributed by atoms with van der Waals surface area (Å²) in [7, 11) is 1.84. The Hall–Kier alpha value is -2.61. The van der Waals surface area contributed by atoms with Gasteiger partial charge in [-0.3, -0.25) is 0 Å². The van der Waals surface area contributed by atoms with E-state index in [0.717, 1.165) is 41.6 Å². The van der Waals surface area contributed by atoms with Crippen molar-refractivity contribution >= 4 is 17.3 Å². The van der Waals surface area contributed by atoms with E-state index < -0.39 is 0 Å². The summed E-state index contributed by atoms with van der Waals surface area (Å²) in [4.78, 5) is 9.06. The van der Waals surface area contributed by atoms with Gasteiger partial charge < -0.3 is 10.6 Å². The maximum Gasteiger partial charge on any atom is 0.136 e. The largest absolute Gasteiger partial charge is 0.373 e. The maximum atomic E-state index is 9.30. The highest BCUT2D eigenvalue weighted by Gasteiger charge is 2.27. The lowest BCUT2D eigenvalue weighted by molar-refractivity contribution is 0.932. The number of hydrogen-bond donors (Lipinski definition) is 2.